The van der Waals surface area contributed by atoms with Crippen molar-refractivity contribution < 1.29 is 19.3 Å². The number of halogens is 1. The van der Waals surface area contributed by atoms with E-state index in [0.29, 0.717) is 13.2 Å². The number of ether oxygens (including phenoxy) is 3. The second-order valence-corrected chi connectivity index (χ2v) is 5.08. The molecule has 2 heterocycles. The van der Waals surface area contributed by atoms with E-state index in [9.17, 15) is 5.11 Å². The number of aliphatic hydroxyl groups is 1. The predicted octanol–water partition coefficient (Wildman–Crippen LogP) is 1.30. The second-order valence-electron chi connectivity index (χ2n) is 4.57. The Kier molecular flexibility index (Phi) is 3.54. The third-order valence-corrected chi connectivity index (χ3v) is 3.77. The molecule has 0 amide bonds. The van der Waals surface area contributed by atoms with Crippen molar-refractivity contribution >= 4 is 11.6 Å². The van der Waals surface area contributed by atoms with Gasteiger partial charge >= 0.3 is 0 Å². The molecule has 0 radical (unpaired) electrons. The summed E-state index contributed by atoms with van der Waals surface area (Å²) in [4.78, 5) is 0. The van der Waals surface area contributed by atoms with Gasteiger partial charge in [0.25, 0.3) is 0 Å². The minimum absolute atomic E-state index is 0.233. The van der Waals surface area contributed by atoms with Gasteiger partial charge in [0.1, 0.15) is 23.7 Å². The average Bonchev–Trinajstić information content (AvgIpc) is 2.84. The molecular formula is C13H15ClO4. The molecular weight excluding hydrogens is 256 g/mol. The van der Waals surface area contributed by atoms with Gasteiger partial charge in [-0.1, -0.05) is 30.3 Å². The molecule has 2 fully saturated rings. The van der Waals surface area contributed by atoms with Crippen LogP contribution < -0.4 is 0 Å². The first-order valence-corrected chi connectivity index (χ1v) is 6.44. The van der Waals surface area contributed by atoms with Gasteiger partial charge in [-0.2, -0.15) is 0 Å². The molecule has 5 heteroatoms. The van der Waals surface area contributed by atoms with Crippen molar-refractivity contribution in [1.29, 1.82) is 0 Å². The number of alkyl halides is 1. The van der Waals surface area contributed by atoms with Crippen LogP contribution in [-0.2, 0) is 20.8 Å². The molecule has 2 bridgehead atoms. The molecule has 98 valence electrons. The molecule has 1 aromatic rings. The number of rotatable bonds is 3. The monoisotopic (exact) mass is 270 g/mol. The highest BCUT2D eigenvalue weighted by molar-refractivity contribution is 6.21. The van der Waals surface area contributed by atoms with Gasteiger partial charge in [0.15, 0.2) is 6.29 Å². The van der Waals surface area contributed by atoms with Gasteiger partial charge in [0, 0.05) is 0 Å². The van der Waals surface area contributed by atoms with Crippen molar-refractivity contribution in [2.75, 3.05) is 6.61 Å². The summed E-state index contributed by atoms with van der Waals surface area (Å²) in [5, 5.41) is 9.50. The minimum atomic E-state index is -0.762. The molecule has 0 aromatic heterocycles. The lowest BCUT2D eigenvalue weighted by atomic mass is 10.0. The number of fused-ring (bicyclic) bond motifs is 2. The number of benzene rings is 1. The SMILES string of the molecule is O[C@@H]1[C@@H](Cl)[C@@H]2OC[C@@H](O2)[C@@H]1OCc1ccccc1. The summed E-state index contributed by atoms with van der Waals surface area (Å²) in [5.41, 5.74) is 1.05. The molecule has 18 heavy (non-hydrogen) atoms. The first-order chi connectivity index (χ1) is 8.75. The summed E-state index contributed by atoms with van der Waals surface area (Å²) in [6, 6.07) is 9.80. The van der Waals surface area contributed by atoms with E-state index in [0.717, 1.165) is 5.56 Å². The normalized spacial score (nSPS) is 38.9. The first-order valence-electron chi connectivity index (χ1n) is 6.00. The Morgan fingerprint density at radius 2 is 2.11 bits per heavy atom. The van der Waals surface area contributed by atoms with Crippen LogP contribution in [0.25, 0.3) is 0 Å². The number of hydrogen-bond donors (Lipinski definition) is 1. The van der Waals surface area contributed by atoms with Gasteiger partial charge in [-0.3, -0.25) is 0 Å². The van der Waals surface area contributed by atoms with Gasteiger partial charge in [-0.05, 0) is 5.56 Å². The van der Waals surface area contributed by atoms with Gasteiger partial charge in [0.05, 0.1) is 13.2 Å². The summed E-state index contributed by atoms with van der Waals surface area (Å²) in [5.74, 6) is 0. The van der Waals surface area contributed by atoms with Gasteiger partial charge in [0.2, 0.25) is 0 Å². The van der Waals surface area contributed by atoms with Crippen molar-refractivity contribution in [2.45, 2.75) is 36.6 Å². The van der Waals surface area contributed by atoms with E-state index in [2.05, 4.69) is 0 Å². The van der Waals surface area contributed by atoms with E-state index in [1.807, 2.05) is 30.3 Å². The van der Waals surface area contributed by atoms with Crippen LogP contribution in [0.1, 0.15) is 5.56 Å². The quantitative estimate of drug-likeness (QED) is 0.841. The summed E-state index contributed by atoms with van der Waals surface area (Å²) < 4.78 is 16.6. The van der Waals surface area contributed by atoms with Crippen LogP contribution in [0.4, 0.5) is 0 Å². The predicted molar refractivity (Wildman–Crippen MR) is 65.3 cm³/mol. The molecule has 1 N–H and O–H groups in total. The smallest absolute Gasteiger partial charge is 0.177 e. The third-order valence-electron chi connectivity index (χ3n) is 3.31. The Morgan fingerprint density at radius 3 is 2.89 bits per heavy atom. The Bertz CT molecular complexity index is 399. The molecule has 2 aliphatic heterocycles. The highest BCUT2D eigenvalue weighted by Gasteiger charge is 2.50. The lowest BCUT2D eigenvalue weighted by Crippen LogP contribution is -2.52. The van der Waals surface area contributed by atoms with E-state index in [4.69, 9.17) is 25.8 Å². The topological polar surface area (TPSA) is 47.9 Å². The van der Waals surface area contributed by atoms with Gasteiger partial charge in [-0.15, -0.1) is 11.6 Å². The summed E-state index contributed by atoms with van der Waals surface area (Å²) in [7, 11) is 0. The van der Waals surface area contributed by atoms with E-state index >= 15 is 0 Å². The lowest BCUT2D eigenvalue weighted by molar-refractivity contribution is -0.182. The molecule has 0 saturated carbocycles. The number of hydrogen-bond acceptors (Lipinski definition) is 4. The molecule has 1 aromatic carbocycles. The third kappa shape index (κ3) is 2.27. The fraction of sp³-hybridized carbons (Fsp3) is 0.538. The maximum atomic E-state index is 10.1. The van der Waals surface area contributed by atoms with E-state index in [1.54, 1.807) is 0 Å². The average molecular weight is 271 g/mol. The highest BCUT2D eigenvalue weighted by Crippen LogP contribution is 2.33. The Morgan fingerprint density at radius 1 is 1.33 bits per heavy atom. The standard InChI is InChI=1S/C13H15ClO4/c14-10-11(15)12(9-7-17-13(10)18-9)16-6-8-4-2-1-3-5-8/h1-5,9-13,15H,6-7H2/t9-,10-,11-,12+,13-/m1/s1. The molecule has 4 nitrogen and oxygen atoms in total. The van der Waals surface area contributed by atoms with Crippen molar-refractivity contribution in [3.63, 3.8) is 0 Å². The fourth-order valence-electron chi connectivity index (χ4n) is 2.31. The molecule has 5 atom stereocenters. The van der Waals surface area contributed by atoms with Crippen LogP contribution in [0.3, 0.4) is 0 Å². The molecule has 2 aliphatic rings. The largest absolute Gasteiger partial charge is 0.389 e. The van der Waals surface area contributed by atoms with E-state index < -0.39 is 23.9 Å². The number of aliphatic hydroxyl groups excluding tert-OH is 1. The maximum absolute atomic E-state index is 10.1. The van der Waals surface area contributed by atoms with Crippen molar-refractivity contribution in [3.8, 4) is 0 Å². The Labute approximate surface area is 110 Å². The van der Waals surface area contributed by atoms with Crippen LogP contribution in [-0.4, -0.2) is 41.7 Å². The fourth-order valence-corrected chi connectivity index (χ4v) is 2.59. The van der Waals surface area contributed by atoms with Gasteiger partial charge in [-0.25, -0.2) is 0 Å². The van der Waals surface area contributed by atoms with Crippen molar-refractivity contribution in [3.05, 3.63) is 35.9 Å². The van der Waals surface area contributed by atoms with Crippen molar-refractivity contribution in [2.24, 2.45) is 0 Å². The van der Waals surface area contributed by atoms with Crippen LogP contribution in [0, 0.1) is 0 Å². The molecule has 3 rings (SSSR count). The molecule has 0 unspecified atom stereocenters. The highest BCUT2D eigenvalue weighted by atomic mass is 35.5. The van der Waals surface area contributed by atoms with Crippen LogP contribution in [0.5, 0.6) is 0 Å². The van der Waals surface area contributed by atoms with E-state index in [1.165, 1.54) is 0 Å². The summed E-state index contributed by atoms with van der Waals surface area (Å²) in [6.07, 6.45) is -1.94. The zero-order chi connectivity index (χ0) is 12.5. The van der Waals surface area contributed by atoms with Gasteiger partial charge < -0.3 is 19.3 Å². The summed E-state index contributed by atoms with van der Waals surface area (Å²) >= 11 is 6.06. The lowest BCUT2D eigenvalue weighted by Gasteiger charge is -2.35. The zero-order valence-electron chi connectivity index (χ0n) is 9.74. The van der Waals surface area contributed by atoms with Crippen molar-refractivity contribution in [1.82, 2.24) is 0 Å². The Balaban J connectivity index is 1.65. The van der Waals surface area contributed by atoms with Crippen LogP contribution in [0.15, 0.2) is 30.3 Å². The van der Waals surface area contributed by atoms with Crippen LogP contribution in [0.2, 0.25) is 0 Å². The minimum Gasteiger partial charge on any atom is -0.389 e. The first kappa shape index (κ1) is 12.4. The molecule has 2 saturated heterocycles. The maximum Gasteiger partial charge on any atom is 0.177 e. The molecule has 0 spiro atoms. The molecule has 0 aliphatic carbocycles. The Hall–Kier alpha value is -0.650. The zero-order valence-corrected chi connectivity index (χ0v) is 10.5. The van der Waals surface area contributed by atoms with E-state index in [-0.39, 0.29) is 6.10 Å². The second kappa shape index (κ2) is 5.15. The van der Waals surface area contributed by atoms with Crippen LogP contribution >= 0.6 is 11.6 Å². The summed E-state index contributed by atoms with van der Waals surface area (Å²) in [6.45, 7) is 0.848.